The Balaban J connectivity index is 0. The van der Waals surface area contributed by atoms with E-state index in [9.17, 15) is 10.2 Å². The molecule has 0 saturated heterocycles. The Morgan fingerprint density at radius 2 is 0.719 bits per heavy atom. The summed E-state index contributed by atoms with van der Waals surface area (Å²) in [5, 5.41) is 19.7. The van der Waals surface area contributed by atoms with E-state index in [0.717, 1.165) is 11.1 Å². The Morgan fingerprint density at radius 3 is 0.906 bits per heavy atom. The van der Waals surface area contributed by atoms with Gasteiger partial charge in [0, 0.05) is 84.1 Å². The van der Waals surface area contributed by atoms with E-state index in [1.165, 1.54) is 11.1 Å². The zero-order valence-corrected chi connectivity index (χ0v) is 28.9. The van der Waals surface area contributed by atoms with Gasteiger partial charge in [0.2, 0.25) is 0 Å². The minimum Gasteiger partial charge on any atom is -0.508 e. The van der Waals surface area contributed by atoms with Crippen molar-refractivity contribution in [3.8, 4) is 11.5 Å². The molecule has 2 aromatic carbocycles. The van der Waals surface area contributed by atoms with Crippen molar-refractivity contribution in [2.45, 2.75) is 105 Å². The van der Waals surface area contributed by atoms with Crippen LogP contribution in [0, 0.1) is 0 Å². The second kappa shape index (κ2) is 12.7. The zero-order valence-electron chi connectivity index (χ0n) is 22.9. The maximum absolute atomic E-state index is 9.84. The third-order valence-electron chi connectivity index (χ3n) is 5.34. The molecule has 4 heteroatoms. The van der Waals surface area contributed by atoms with Crippen LogP contribution in [0.25, 0.3) is 0 Å². The predicted molar refractivity (Wildman–Crippen MR) is 137 cm³/mol. The van der Waals surface area contributed by atoms with Gasteiger partial charge >= 0.3 is 0 Å². The number of hydrogen-bond donors (Lipinski definition) is 2. The molecule has 2 N–H and O–H groups in total. The van der Waals surface area contributed by atoms with Crippen LogP contribution in [0.5, 0.6) is 11.5 Å². The Morgan fingerprint density at radius 1 is 0.469 bits per heavy atom. The molecule has 0 aromatic heterocycles. The van der Waals surface area contributed by atoms with Crippen LogP contribution in [-0.2, 0) is 54.4 Å². The summed E-state index contributed by atoms with van der Waals surface area (Å²) < 4.78 is 0. The number of rotatable bonds is 0. The number of aromatic hydroxyl groups is 2. The molecular formula is C28H44KO2Y. The van der Waals surface area contributed by atoms with Crippen LogP contribution in [0.1, 0.15) is 105 Å². The van der Waals surface area contributed by atoms with Crippen LogP contribution in [-0.4, -0.2) is 61.6 Å². The third kappa shape index (κ3) is 10.6. The molecule has 172 valence electrons. The van der Waals surface area contributed by atoms with Crippen molar-refractivity contribution in [3.05, 3.63) is 58.7 Å². The maximum atomic E-state index is 9.84. The van der Waals surface area contributed by atoms with E-state index >= 15 is 0 Å². The fourth-order valence-corrected chi connectivity index (χ4v) is 3.21. The van der Waals surface area contributed by atoms with Crippen molar-refractivity contribution in [2.75, 3.05) is 0 Å². The van der Waals surface area contributed by atoms with E-state index in [-0.39, 0.29) is 106 Å². The monoisotopic (exact) mass is 540 g/mol. The molecule has 0 spiro atoms. The molecule has 0 bridgehead atoms. The minimum absolute atomic E-state index is 0. The molecule has 0 aliphatic carbocycles. The van der Waals surface area contributed by atoms with Crippen LogP contribution in [0.3, 0.4) is 0 Å². The van der Waals surface area contributed by atoms with Crippen molar-refractivity contribution < 1.29 is 42.9 Å². The molecule has 2 aromatic rings. The van der Waals surface area contributed by atoms with E-state index in [4.69, 9.17) is 0 Å². The molecule has 2 rings (SSSR count). The van der Waals surface area contributed by atoms with Gasteiger partial charge in [0.1, 0.15) is 11.5 Å². The molecule has 0 saturated carbocycles. The molecular weight excluding hydrogens is 496 g/mol. The van der Waals surface area contributed by atoms with Crippen LogP contribution < -0.4 is 0 Å². The first kappa shape index (κ1) is 34.9. The fraction of sp³-hybridized carbons (Fsp3) is 0.571. The van der Waals surface area contributed by atoms with Gasteiger partial charge in [0.05, 0.1) is 0 Å². The fourth-order valence-electron chi connectivity index (χ4n) is 3.21. The van der Waals surface area contributed by atoms with Crippen LogP contribution >= 0.6 is 0 Å². The van der Waals surface area contributed by atoms with Crippen molar-refractivity contribution in [1.29, 1.82) is 0 Å². The smallest absolute Gasteiger partial charge is 0.119 e. The summed E-state index contributed by atoms with van der Waals surface area (Å²) in [5.41, 5.74) is 4.83. The van der Waals surface area contributed by atoms with Gasteiger partial charge in [-0.2, -0.15) is 0 Å². The number of benzene rings is 2. The Bertz CT molecular complexity index is 787. The van der Waals surface area contributed by atoms with E-state index in [1.54, 1.807) is 12.1 Å². The summed E-state index contributed by atoms with van der Waals surface area (Å²) in [6.45, 7) is 25.8. The average Bonchev–Trinajstić information content (AvgIpc) is 2.51. The predicted octanol–water partition coefficient (Wildman–Crippen LogP) is 7.59. The first-order chi connectivity index (χ1) is 13.2. The quantitative estimate of drug-likeness (QED) is 0.338. The van der Waals surface area contributed by atoms with Gasteiger partial charge < -0.3 is 10.2 Å². The first-order valence-electron chi connectivity index (χ1n) is 10.9. The molecule has 32 heavy (non-hydrogen) atoms. The van der Waals surface area contributed by atoms with Gasteiger partial charge in [0.15, 0.2) is 0 Å². The van der Waals surface area contributed by atoms with Crippen molar-refractivity contribution >= 4 is 51.4 Å². The summed E-state index contributed by atoms with van der Waals surface area (Å²) in [5.74, 6) is 0.797. The molecule has 0 heterocycles. The molecule has 0 unspecified atom stereocenters. The van der Waals surface area contributed by atoms with Crippen molar-refractivity contribution in [1.82, 2.24) is 0 Å². The normalized spacial score (nSPS) is 12.1. The average molecular weight is 541 g/mol. The van der Waals surface area contributed by atoms with E-state index in [1.807, 2.05) is 12.1 Å². The summed E-state index contributed by atoms with van der Waals surface area (Å²) in [6.07, 6.45) is 0. The summed E-state index contributed by atoms with van der Waals surface area (Å²) in [6, 6.07) is 11.9. The molecule has 0 atom stereocenters. The maximum Gasteiger partial charge on any atom is 0.119 e. The van der Waals surface area contributed by atoms with Gasteiger partial charge in [-0.3, -0.25) is 0 Å². The van der Waals surface area contributed by atoms with E-state index < -0.39 is 0 Å². The second-order valence-electron chi connectivity index (χ2n) is 12.5. The topological polar surface area (TPSA) is 40.5 Å². The summed E-state index contributed by atoms with van der Waals surface area (Å²) in [7, 11) is 0. The van der Waals surface area contributed by atoms with E-state index in [2.05, 4.69) is 95.2 Å². The molecule has 2 radical (unpaired) electrons. The first-order valence-corrected chi connectivity index (χ1v) is 10.9. The molecule has 0 amide bonds. The second-order valence-corrected chi connectivity index (χ2v) is 12.5. The van der Waals surface area contributed by atoms with Crippen molar-refractivity contribution in [2.24, 2.45) is 0 Å². The number of phenols is 2. The van der Waals surface area contributed by atoms with E-state index in [0.29, 0.717) is 11.5 Å². The Hall–Kier alpha value is 0.780. The van der Waals surface area contributed by atoms with Gasteiger partial charge in [-0.05, 0) is 56.0 Å². The molecule has 0 aliphatic heterocycles. The summed E-state index contributed by atoms with van der Waals surface area (Å²) in [4.78, 5) is 0. The third-order valence-corrected chi connectivity index (χ3v) is 5.34. The Kier molecular flexibility index (Phi) is 13.8. The Labute approximate surface area is 265 Å². The SMILES string of the molecule is CC(C)(C)c1ccc(O)c(C(C)(C)C)c1.CC(C)(C)c1ccc(O)c(C(C)(C)C)c1.[K].[Y]. The van der Waals surface area contributed by atoms with Crippen molar-refractivity contribution in [3.63, 3.8) is 0 Å². The number of hydrogen-bond acceptors (Lipinski definition) is 2. The van der Waals surface area contributed by atoms with Gasteiger partial charge in [-0.1, -0.05) is 107 Å². The molecule has 0 fully saturated rings. The van der Waals surface area contributed by atoms with Crippen LogP contribution in [0.4, 0.5) is 0 Å². The zero-order chi connectivity index (χ0) is 23.7. The minimum atomic E-state index is -0.00859. The van der Waals surface area contributed by atoms with Crippen LogP contribution in [0.15, 0.2) is 36.4 Å². The van der Waals surface area contributed by atoms with Crippen LogP contribution in [0.2, 0.25) is 0 Å². The molecule has 2 nitrogen and oxygen atoms in total. The van der Waals surface area contributed by atoms with Gasteiger partial charge in [-0.15, -0.1) is 0 Å². The molecule has 0 aliphatic rings. The summed E-state index contributed by atoms with van der Waals surface area (Å²) >= 11 is 0. The number of phenolic OH excluding ortho intramolecular Hbond substituents is 2. The van der Waals surface area contributed by atoms with Gasteiger partial charge in [0.25, 0.3) is 0 Å². The standard InChI is InChI=1S/2C14H22O.K.Y/c2*1-13(2,3)10-7-8-12(15)11(9-10)14(4,5)6;;/h2*7-9,15H,1-6H3;;. The van der Waals surface area contributed by atoms with Gasteiger partial charge in [-0.25, -0.2) is 0 Å². The largest absolute Gasteiger partial charge is 0.508 e.